The average molecular weight is 303 g/mol. The molecule has 0 aliphatic rings. The Hall–Kier alpha value is -2.34. The van der Waals surface area contributed by atoms with E-state index in [1.54, 1.807) is 0 Å². The van der Waals surface area contributed by atoms with Gasteiger partial charge in [0, 0.05) is 0 Å². The highest BCUT2D eigenvalue weighted by atomic mass is 16.3. The fourth-order valence-electron chi connectivity index (χ4n) is 2.64. The van der Waals surface area contributed by atoms with Crippen LogP contribution in [0.3, 0.4) is 0 Å². The molecule has 0 fully saturated rings. The number of aromatic hydroxyl groups is 1. The Morgan fingerprint density at radius 3 is 2.18 bits per heavy atom. The summed E-state index contributed by atoms with van der Waals surface area (Å²) in [5.41, 5.74) is 0.878. The first-order chi connectivity index (χ1) is 10.5. The number of hydrogen-bond donors (Lipinski definition) is 3. The van der Waals surface area contributed by atoms with Gasteiger partial charge in [-0.25, -0.2) is 4.79 Å². The SMILES string of the molecule is CCN(CC)C(c1ccc(C)cc1)c1c(O)[nH]c(=O)[nH]c1=O. The van der Waals surface area contributed by atoms with E-state index in [1.165, 1.54) is 0 Å². The minimum absolute atomic E-state index is 0.159. The minimum atomic E-state index is -0.714. The van der Waals surface area contributed by atoms with E-state index in [0.717, 1.165) is 11.1 Å². The van der Waals surface area contributed by atoms with Gasteiger partial charge in [0.15, 0.2) is 0 Å². The largest absolute Gasteiger partial charge is 0.494 e. The van der Waals surface area contributed by atoms with Crippen LogP contribution in [0, 0.1) is 6.92 Å². The molecular weight excluding hydrogens is 282 g/mol. The number of nitrogens with one attached hydrogen (secondary N) is 2. The number of rotatable bonds is 5. The molecule has 3 N–H and O–H groups in total. The summed E-state index contributed by atoms with van der Waals surface area (Å²) in [5, 5.41) is 10.1. The normalized spacial score (nSPS) is 12.5. The summed E-state index contributed by atoms with van der Waals surface area (Å²) in [6, 6.07) is 7.37. The van der Waals surface area contributed by atoms with Crippen LogP contribution in [0.2, 0.25) is 0 Å². The van der Waals surface area contributed by atoms with Crippen molar-refractivity contribution in [2.45, 2.75) is 26.8 Å². The molecule has 1 unspecified atom stereocenters. The molecule has 0 radical (unpaired) electrons. The summed E-state index contributed by atoms with van der Waals surface area (Å²) in [5.74, 6) is -0.383. The Morgan fingerprint density at radius 1 is 1.09 bits per heavy atom. The van der Waals surface area contributed by atoms with E-state index in [9.17, 15) is 14.7 Å². The molecule has 2 rings (SSSR count). The molecule has 0 saturated carbocycles. The maximum atomic E-state index is 12.2. The Labute approximate surface area is 128 Å². The van der Waals surface area contributed by atoms with Gasteiger partial charge < -0.3 is 5.11 Å². The number of H-pyrrole nitrogens is 2. The van der Waals surface area contributed by atoms with Crippen molar-refractivity contribution in [3.63, 3.8) is 0 Å². The van der Waals surface area contributed by atoms with E-state index in [0.29, 0.717) is 13.1 Å². The van der Waals surface area contributed by atoms with E-state index in [4.69, 9.17) is 0 Å². The lowest BCUT2D eigenvalue weighted by molar-refractivity contribution is 0.243. The van der Waals surface area contributed by atoms with Gasteiger partial charge in [0.1, 0.15) is 0 Å². The first-order valence-electron chi connectivity index (χ1n) is 7.34. The van der Waals surface area contributed by atoms with Gasteiger partial charge in [-0.3, -0.25) is 19.7 Å². The third kappa shape index (κ3) is 3.12. The van der Waals surface area contributed by atoms with Crippen molar-refractivity contribution in [1.82, 2.24) is 14.9 Å². The molecule has 118 valence electrons. The lowest BCUT2D eigenvalue weighted by Crippen LogP contribution is -2.35. The molecule has 0 aliphatic carbocycles. The molecule has 2 aromatic rings. The van der Waals surface area contributed by atoms with Crippen molar-refractivity contribution in [2.24, 2.45) is 0 Å². The molecule has 0 bridgehead atoms. The molecule has 0 amide bonds. The fourth-order valence-corrected chi connectivity index (χ4v) is 2.64. The predicted molar refractivity (Wildman–Crippen MR) is 85.3 cm³/mol. The van der Waals surface area contributed by atoms with Crippen molar-refractivity contribution in [1.29, 1.82) is 0 Å². The lowest BCUT2D eigenvalue weighted by atomic mass is 9.97. The Morgan fingerprint density at radius 2 is 1.68 bits per heavy atom. The van der Waals surface area contributed by atoms with E-state index >= 15 is 0 Å². The highest BCUT2D eigenvalue weighted by Crippen LogP contribution is 2.30. The van der Waals surface area contributed by atoms with Crippen LogP contribution in [0.4, 0.5) is 0 Å². The second-order valence-electron chi connectivity index (χ2n) is 5.20. The lowest BCUT2D eigenvalue weighted by Gasteiger charge is -2.30. The van der Waals surface area contributed by atoms with E-state index in [1.807, 2.05) is 49.9 Å². The van der Waals surface area contributed by atoms with Gasteiger partial charge in [-0.1, -0.05) is 43.7 Å². The minimum Gasteiger partial charge on any atom is -0.494 e. The second-order valence-corrected chi connectivity index (χ2v) is 5.20. The standard InChI is InChI=1S/C16H21N3O3/c1-4-19(5-2)13(11-8-6-10(3)7-9-11)12-14(20)17-16(22)18-15(12)21/h6-9,13H,4-5H2,1-3H3,(H3,17,18,20,21,22). The van der Waals surface area contributed by atoms with Crippen LogP contribution in [-0.2, 0) is 0 Å². The average Bonchev–Trinajstić information content (AvgIpc) is 2.47. The molecule has 0 saturated heterocycles. The van der Waals surface area contributed by atoms with E-state index in [-0.39, 0.29) is 11.4 Å². The zero-order valence-corrected chi connectivity index (χ0v) is 13.0. The summed E-state index contributed by atoms with van der Waals surface area (Å²) in [6.07, 6.45) is 0. The Kier molecular flexibility index (Phi) is 4.82. The Bertz CT molecular complexity index is 742. The first kappa shape index (κ1) is 16.0. The van der Waals surface area contributed by atoms with Gasteiger partial charge in [-0.15, -0.1) is 0 Å². The number of nitrogens with zero attached hydrogens (tertiary/aromatic N) is 1. The molecule has 1 aromatic heterocycles. The zero-order valence-electron chi connectivity index (χ0n) is 13.0. The van der Waals surface area contributed by atoms with Gasteiger partial charge in [-0.2, -0.15) is 0 Å². The van der Waals surface area contributed by atoms with Crippen molar-refractivity contribution in [2.75, 3.05) is 13.1 Å². The first-order valence-corrected chi connectivity index (χ1v) is 7.34. The third-order valence-corrected chi connectivity index (χ3v) is 3.80. The Balaban J connectivity index is 2.66. The highest BCUT2D eigenvalue weighted by Gasteiger charge is 2.26. The maximum absolute atomic E-state index is 12.2. The van der Waals surface area contributed by atoms with Gasteiger partial charge in [0.2, 0.25) is 5.88 Å². The van der Waals surface area contributed by atoms with E-state index < -0.39 is 17.3 Å². The number of aryl methyl sites for hydroxylation is 1. The summed E-state index contributed by atoms with van der Waals surface area (Å²) < 4.78 is 0. The van der Waals surface area contributed by atoms with Gasteiger partial charge in [0.05, 0.1) is 11.6 Å². The fraction of sp³-hybridized carbons (Fsp3) is 0.375. The second kappa shape index (κ2) is 6.62. The van der Waals surface area contributed by atoms with Crippen molar-refractivity contribution < 1.29 is 5.11 Å². The monoisotopic (exact) mass is 303 g/mol. The molecule has 1 heterocycles. The van der Waals surface area contributed by atoms with Crippen LogP contribution < -0.4 is 11.2 Å². The summed E-state index contributed by atoms with van der Waals surface area (Å²) in [4.78, 5) is 30.0. The van der Waals surface area contributed by atoms with Crippen LogP contribution in [0.15, 0.2) is 33.9 Å². The molecule has 1 aromatic carbocycles. The molecule has 1 atom stereocenters. The molecule has 6 nitrogen and oxygen atoms in total. The quantitative estimate of drug-likeness (QED) is 0.781. The molecule has 22 heavy (non-hydrogen) atoms. The maximum Gasteiger partial charge on any atom is 0.328 e. The highest BCUT2D eigenvalue weighted by molar-refractivity contribution is 5.36. The summed E-state index contributed by atoms with van der Waals surface area (Å²) in [6.45, 7) is 7.36. The summed E-state index contributed by atoms with van der Waals surface area (Å²) >= 11 is 0. The third-order valence-electron chi connectivity index (χ3n) is 3.80. The predicted octanol–water partition coefficient (Wildman–Crippen LogP) is 1.51. The number of aromatic nitrogens is 2. The van der Waals surface area contributed by atoms with Crippen LogP contribution in [0.25, 0.3) is 0 Å². The van der Waals surface area contributed by atoms with E-state index in [2.05, 4.69) is 9.97 Å². The molecule has 0 aliphatic heterocycles. The molecule has 0 spiro atoms. The zero-order chi connectivity index (χ0) is 16.3. The van der Waals surface area contributed by atoms with Crippen LogP contribution in [0.1, 0.15) is 36.6 Å². The van der Waals surface area contributed by atoms with Crippen LogP contribution >= 0.6 is 0 Å². The van der Waals surface area contributed by atoms with Gasteiger partial charge in [0.25, 0.3) is 5.56 Å². The molecular formula is C16H21N3O3. The van der Waals surface area contributed by atoms with Crippen molar-refractivity contribution in [3.05, 3.63) is 61.8 Å². The van der Waals surface area contributed by atoms with Gasteiger partial charge >= 0.3 is 5.69 Å². The summed E-state index contributed by atoms with van der Waals surface area (Å²) in [7, 11) is 0. The van der Waals surface area contributed by atoms with Gasteiger partial charge in [-0.05, 0) is 25.6 Å². The topological polar surface area (TPSA) is 89.2 Å². The van der Waals surface area contributed by atoms with Crippen LogP contribution in [0.5, 0.6) is 5.88 Å². The molecule has 6 heteroatoms. The number of aromatic amines is 2. The number of benzene rings is 1. The number of hydrogen-bond acceptors (Lipinski definition) is 4. The van der Waals surface area contributed by atoms with Crippen molar-refractivity contribution in [3.8, 4) is 5.88 Å². The van der Waals surface area contributed by atoms with Crippen LogP contribution in [-0.4, -0.2) is 33.1 Å². The van der Waals surface area contributed by atoms with Crippen molar-refractivity contribution >= 4 is 0 Å². The smallest absolute Gasteiger partial charge is 0.328 e.